The molecular formula is C14H18N2O4. The van der Waals surface area contributed by atoms with Crippen LogP contribution >= 0.6 is 0 Å². The first-order valence-electron chi connectivity index (χ1n) is 6.30. The first-order valence-corrected chi connectivity index (χ1v) is 6.30. The van der Waals surface area contributed by atoms with Crippen LogP contribution in [-0.2, 0) is 16.6 Å². The first-order chi connectivity index (χ1) is 9.26. The van der Waals surface area contributed by atoms with E-state index >= 15 is 0 Å². The van der Waals surface area contributed by atoms with Crippen LogP contribution in [0, 0.1) is 0 Å². The number of aryl methyl sites for hydroxylation is 1. The van der Waals surface area contributed by atoms with Crippen LogP contribution in [0.4, 0.5) is 0 Å². The Kier molecular flexibility index (Phi) is 3.57. The second kappa shape index (κ2) is 5.03. The second-order valence-corrected chi connectivity index (χ2v) is 5.54. The quantitative estimate of drug-likeness (QED) is 0.865. The van der Waals surface area contributed by atoms with Gasteiger partial charge in [-0.2, -0.15) is 0 Å². The van der Waals surface area contributed by atoms with Gasteiger partial charge in [-0.1, -0.05) is 0 Å². The molecule has 6 nitrogen and oxygen atoms in total. The lowest BCUT2D eigenvalue weighted by molar-refractivity contribution is -0.157. The van der Waals surface area contributed by atoms with Gasteiger partial charge >= 0.3 is 11.7 Å². The predicted molar refractivity (Wildman–Crippen MR) is 74.9 cm³/mol. The number of nitrogens with one attached hydrogen (secondary N) is 1. The predicted octanol–water partition coefficient (Wildman–Crippen LogP) is 1.59. The van der Waals surface area contributed by atoms with Crippen molar-refractivity contribution in [2.45, 2.75) is 26.4 Å². The third kappa shape index (κ3) is 3.20. The minimum Gasteiger partial charge on any atom is -0.482 e. The van der Waals surface area contributed by atoms with E-state index in [1.807, 2.05) is 0 Å². The molecule has 1 aromatic heterocycles. The maximum Gasteiger partial charge on any atom is 0.344 e. The molecule has 0 spiro atoms. The van der Waals surface area contributed by atoms with E-state index in [1.165, 1.54) is 4.57 Å². The molecule has 0 fully saturated rings. The molecule has 0 aliphatic rings. The minimum atomic E-state index is -0.533. The third-order valence-corrected chi connectivity index (χ3v) is 2.65. The van der Waals surface area contributed by atoms with Gasteiger partial charge in [-0.3, -0.25) is 4.57 Å². The fourth-order valence-electron chi connectivity index (χ4n) is 1.82. The number of H-pyrrole nitrogens is 1. The fraction of sp³-hybridized carbons (Fsp3) is 0.429. The molecule has 1 heterocycles. The Hall–Kier alpha value is -2.24. The van der Waals surface area contributed by atoms with Gasteiger partial charge in [0.15, 0.2) is 6.61 Å². The standard InChI is InChI=1S/C14H18N2O4/c1-14(2,3)20-12(17)8-19-9-5-6-11-10(7-9)15-13(18)16(11)4/h5-7H,8H2,1-4H3,(H,15,18). The molecule has 0 unspecified atom stereocenters. The summed E-state index contributed by atoms with van der Waals surface area (Å²) in [5, 5.41) is 0. The molecule has 108 valence electrons. The highest BCUT2D eigenvalue weighted by atomic mass is 16.6. The van der Waals surface area contributed by atoms with Crippen LogP contribution in [0.3, 0.4) is 0 Å². The van der Waals surface area contributed by atoms with E-state index in [-0.39, 0.29) is 12.3 Å². The molecular weight excluding hydrogens is 260 g/mol. The van der Waals surface area contributed by atoms with Gasteiger partial charge in [0, 0.05) is 13.1 Å². The summed E-state index contributed by atoms with van der Waals surface area (Å²) in [4.78, 5) is 25.7. The highest BCUT2D eigenvalue weighted by Crippen LogP contribution is 2.18. The highest BCUT2D eigenvalue weighted by Gasteiger charge is 2.16. The largest absolute Gasteiger partial charge is 0.482 e. The first kappa shape index (κ1) is 14.2. The second-order valence-electron chi connectivity index (χ2n) is 5.54. The molecule has 2 aromatic rings. The zero-order valence-corrected chi connectivity index (χ0v) is 12.0. The Morgan fingerprint density at radius 1 is 1.35 bits per heavy atom. The number of hydrogen-bond donors (Lipinski definition) is 1. The van der Waals surface area contributed by atoms with E-state index < -0.39 is 11.6 Å². The molecule has 0 aliphatic carbocycles. The van der Waals surface area contributed by atoms with Crippen LogP contribution < -0.4 is 10.4 Å². The van der Waals surface area contributed by atoms with E-state index in [2.05, 4.69) is 4.98 Å². The number of esters is 1. The van der Waals surface area contributed by atoms with Gasteiger partial charge in [-0.05, 0) is 32.9 Å². The summed E-state index contributed by atoms with van der Waals surface area (Å²) in [6.45, 7) is 5.23. The van der Waals surface area contributed by atoms with Crippen molar-refractivity contribution in [3.8, 4) is 5.75 Å². The Balaban J connectivity index is 2.07. The molecule has 0 amide bonds. The fourth-order valence-corrected chi connectivity index (χ4v) is 1.82. The lowest BCUT2D eigenvalue weighted by Gasteiger charge is -2.19. The lowest BCUT2D eigenvalue weighted by Crippen LogP contribution is -2.27. The number of carbonyl (C=O) groups is 1. The Labute approximate surface area is 116 Å². The van der Waals surface area contributed by atoms with Crippen molar-refractivity contribution < 1.29 is 14.3 Å². The van der Waals surface area contributed by atoms with Crippen molar-refractivity contribution in [2.24, 2.45) is 7.05 Å². The van der Waals surface area contributed by atoms with E-state index in [9.17, 15) is 9.59 Å². The summed E-state index contributed by atoms with van der Waals surface area (Å²) >= 11 is 0. The normalized spacial score (nSPS) is 11.6. The van der Waals surface area contributed by atoms with E-state index in [0.29, 0.717) is 11.3 Å². The number of carbonyl (C=O) groups excluding carboxylic acids is 1. The number of rotatable bonds is 3. The molecule has 0 saturated carbocycles. The minimum absolute atomic E-state index is 0.167. The molecule has 0 atom stereocenters. The zero-order chi connectivity index (χ0) is 14.9. The molecule has 0 aliphatic heterocycles. The van der Waals surface area contributed by atoms with Gasteiger partial charge in [0.2, 0.25) is 0 Å². The van der Waals surface area contributed by atoms with E-state index in [1.54, 1.807) is 46.0 Å². The molecule has 0 radical (unpaired) electrons. The summed E-state index contributed by atoms with van der Waals surface area (Å²) in [7, 11) is 1.68. The maximum atomic E-state index is 11.5. The Bertz CT molecular complexity index is 691. The molecule has 0 saturated heterocycles. The van der Waals surface area contributed by atoms with Gasteiger partial charge < -0.3 is 14.5 Å². The smallest absolute Gasteiger partial charge is 0.344 e. The number of nitrogens with zero attached hydrogens (tertiary/aromatic N) is 1. The number of fused-ring (bicyclic) bond motifs is 1. The van der Waals surface area contributed by atoms with Crippen LogP contribution in [-0.4, -0.2) is 27.7 Å². The lowest BCUT2D eigenvalue weighted by atomic mass is 10.2. The number of imidazole rings is 1. The summed E-state index contributed by atoms with van der Waals surface area (Å²) in [6.07, 6.45) is 0. The maximum absolute atomic E-state index is 11.5. The zero-order valence-electron chi connectivity index (χ0n) is 12.0. The van der Waals surface area contributed by atoms with Crippen molar-refractivity contribution in [3.05, 3.63) is 28.7 Å². The van der Waals surface area contributed by atoms with E-state index in [4.69, 9.17) is 9.47 Å². The van der Waals surface area contributed by atoms with Crippen LogP contribution in [0.15, 0.2) is 23.0 Å². The number of ether oxygens (including phenoxy) is 2. The van der Waals surface area contributed by atoms with Gasteiger partial charge in [-0.15, -0.1) is 0 Å². The summed E-state index contributed by atoms with van der Waals surface area (Å²) in [5.74, 6) is 0.0735. The van der Waals surface area contributed by atoms with Crippen LogP contribution in [0.1, 0.15) is 20.8 Å². The SMILES string of the molecule is Cn1c(=O)[nH]c2cc(OCC(=O)OC(C)(C)C)ccc21. The summed E-state index contributed by atoms with van der Waals surface area (Å²) < 4.78 is 12.0. The number of benzene rings is 1. The number of aromatic nitrogens is 2. The number of aromatic amines is 1. The van der Waals surface area contributed by atoms with Crippen LogP contribution in [0.25, 0.3) is 11.0 Å². The van der Waals surface area contributed by atoms with Crippen LogP contribution in [0.2, 0.25) is 0 Å². The molecule has 1 aromatic carbocycles. The summed E-state index contributed by atoms with van der Waals surface area (Å²) in [6, 6.07) is 5.15. The van der Waals surface area contributed by atoms with E-state index in [0.717, 1.165) is 5.52 Å². The average molecular weight is 278 g/mol. The van der Waals surface area contributed by atoms with Crippen molar-refractivity contribution in [3.63, 3.8) is 0 Å². The van der Waals surface area contributed by atoms with Crippen LogP contribution in [0.5, 0.6) is 5.75 Å². The Morgan fingerprint density at radius 3 is 2.70 bits per heavy atom. The monoisotopic (exact) mass is 278 g/mol. The van der Waals surface area contributed by atoms with Gasteiger partial charge in [0.25, 0.3) is 0 Å². The third-order valence-electron chi connectivity index (χ3n) is 2.65. The van der Waals surface area contributed by atoms with Gasteiger partial charge in [0.1, 0.15) is 11.4 Å². The van der Waals surface area contributed by atoms with Crippen molar-refractivity contribution >= 4 is 17.0 Å². The molecule has 0 bridgehead atoms. The molecule has 2 rings (SSSR count). The van der Waals surface area contributed by atoms with Crippen molar-refractivity contribution in [1.29, 1.82) is 0 Å². The molecule has 1 N–H and O–H groups in total. The average Bonchev–Trinajstić information content (AvgIpc) is 2.60. The number of hydrogen-bond acceptors (Lipinski definition) is 4. The van der Waals surface area contributed by atoms with Gasteiger partial charge in [0.05, 0.1) is 11.0 Å². The highest BCUT2D eigenvalue weighted by molar-refractivity contribution is 5.77. The molecule has 6 heteroatoms. The molecule has 20 heavy (non-hydrogen) atoms. The summed E-state index contributed by atoms with van der Waals surface area (Å²) in [5.41, 5.74) is 0.720. The topological polar surface area (TPSA) is 73.3 Å². The van der Waals surface area contributed by atoms with Crippen molar-refractivity contribution in [1.82, 2.24) is 9.55 Å². The van der Waals surface area contributed by atoms with Crippen molar-refractivity contribution in [2.75, 3.05) is 6.61 Å². The Morgan fingerprint density at radius 2 is 2.05 bits per heavy atom. The van der Waals surface area contributed by atoms with Gasteiger partial charge in [-0.25, -0.2) is 9.59 Å².